The van der Waals surface area contributed by atoms with Crippen molar-refractivity contribution >= 4 is 19.8 Å². The molecule has 0 fully saturated rings. The largest absolute Gasteiger partial charge is 0.756 e. The van der Waals surface area contributed by atoms with Crippen molar-refractivity contribution < 1.29 is 42.1 Å². The molecule has 0 radical (unpaired) electrons. The number of hydrogen-bond donors (Lipinski definition) is 0. The van der Waals surface area contributed by atoms with Gasteiger partial charge in [0.05, 0.1) is 27.7 Å². The van der Waals surface area contributed by atoms with E-state index in [1.54, 1.807) is 0 Å². The number of rotatable bonds is 40. The third kappa shape index (κ3) is 41.6. The van der Waals surface area contributed by atoms with Crippen molar-refractivity contribution in [3.63, 3.8) is 0 Å². The molecule has 0 aromatic carbocycles. The average Bonchev–Trinajstić information content (AvgIpc) is 3.15. The number of allylic oxidation sites excluding steroid dienone is 8. The van der Waals surface area contributed by atoms with Gasteiger partial charge in [-0.05, 0) is 57.8 Å². The van der Waals surface area contributed by atoms with Crippen LogP contribution in [0.3, 0.4) is 0 Å². The van der Waals surface area contributed by atoms with Crippen molar-refractivity contribution in [2.45, 2.75) is 187 Å². The number of quaternary nitrogens is 1. The number of esters is 2. The molecule has 0 rings (SSSR count). The quantitative estimate of drug-likeness (QED) is 0.0198. The highest BCUT2D eigenvalue weighted by molar-refractivity contribution is 7.45. The smallest absolute Gasteiger partial charge is 0.306 e. The molecule has 0 saturated carbocycles. The van der Waals surface area contributed by atoms with E-state index in [-0.39, 0.29) is 26.1 Å². The minimum atomic E-state index is -4.63. The molecule has 56 heavy (non-hydrogen) atoms. The minimum absolute atomic E-state index is 0.0378. The molecule has 1 unspecified atom stereocenters. The minimum Gasteiger partial charge on any atom is -0.756 e. The van der Waals surface area contributed by atoms with Gasteiger partial charge in [-0.1, -0.05) is 159 Å². The number of likely N-dealkylation sites (N-methyl/N-ethyl adjacent to an activating group) is 1. The molecule has 0 saturated heterocycles. The van der Waals surface area contributed by atoms with Gasteiger partial charge in [-0.2, -0.15) is 0 Å². The molecule has 0 amide bonds. The van der Waals surface area contributed by atoms with Gasteiger partial charge in [-0.3, -0.25) is 14.2 Å². The van der Waals surface area contributed by atoms with Crippen LogP contribution in [-0.4, -0.2) is 70.0 Å². The molecule has 0 aromatic heterocycles. The summed E-state index contributed by atoms with van der Waals surface area (Å²) in [6, 6.07) is 0. The van der Waals surface area contributed by atoms with Crippen molar-refractivity contribution in [1.29, 1.82) is 0 Å². The Kier molecular flexibility index (Phi) is 37.1. The number of hydrogen-bond acceptors (Lipinski definition) is 8. The normalized spacial score (nSPS) is 14.0. The van der Waals surface area contributed by atoms with E-state index in [2.05, 4.69) is 62.5 Å². The van der Waals surface area contributed by atoms with E-state index in [0.29, 0.717) is 17.4 Å². The third-order valence-corrected chi connectivity index (χ3v) is 10.3. The molecule has 9 nitrogen and oxygen atoms in total. The van der Waals surface area contributed by atoms with Gasteiger partial charge in [-0.15, -0.1) is 0 Å². The van der Waals surface area contributed by atoms with Crippen molar-refractivity contribution in [1.82, 2.24) is 0 Å². The van der Waals surface area contributed by atoms with Crippen LogP contribution in [0.25, 0.3) is 0 Å². The first-order valence-corrected chi connectivity index (χ1v) is 23.8. The van der Waals surface area contributed by atoms with E-state index in [1.807, 2.05) is 21.1 Å². The molecule has 326 valence electrons. The number of unbranched alkanes of at least 4 members (excludes halogenated alkanes) is 18. The molecule has 0 aliphatic rings. The van der Waals surface area contributed by atoms with Gasteiger partial charge in [0.25, 0.3) is 7.82 Å². The van der Waals surface area contributed by atoms with Crippen LogP contribution < -0.4 is 4.89 Å². The second-order valence-electron chi connectivity index (χ2n) is 16.1. The molecule has 0 aliphatic carbocycles. The van der Waals surface area contributed by atoms with Gasteiger partial charge in [0, 0.05) is 12.8 Å². The predicted molar refractivity (Wildman–Crippen MR) is 231 cm³/mol. The van der Waals surface area contributed by atoms with E-state index < -0.39 is 32.5 Å². The standard InChI is InChI=1S/C46H84NO8P/c1-6-8-10-12-14-16-18-20-21-22-23-24-25-27-29-31-33-35-37-39-46(49)55-44(43-54-56(50,51)53-41-40-47(3,4)5)42-52-45(48)38-36-34-32-30-28-26-19-17-15-13-11-9-7-2/h14,16,20-21,23-24,27,29,44H,6-13,15,17-19,22,25-26,28,30-43H2,1-5H3/b16-14+,21-20+,24-23+,29-27+/t44-/m1/s1. The summed E-state index contributed by atoms with van der Waals surface area (Å²) < 4.78 is 33.9. The van der Waals surface area contributed by atoms with Gasteiger partial charge in [0.15, 0.2) is 6.10 Å². The summed E-state index contributed by atoms with van der Waals surface area (Å²) in [5.41, 5.74) is 0. The molecule has 0 bridgehead atoms. The Morgan fingerprint density at radius 3 is 1.46 bits per heavy atom. The van der Waals surface area contributed by atoms with Crippen LogP contribution in [0.5, 0.6) is 0 Å². The van der Waals surface area contributed by atoms with Crippen molar-refractivity contribution in [2.75, 3.05) is 47.5 Å². The lowest BCUT2D eigenvalue weighted by molar-refractivity contribution is -0.870. The van der Waals surface area contributed by atoms with Crippen LogP contribution in [0.1, 0.15) is 181 Å². The maximum atomic E-state index is 12.7. The number of nitrogens with zero attached hydrogens (tertiary/aromatic N) is 1. The van der Waals surface area contributed by atoms with Crippen LogP contribution in [0.15, 0.2) is 48.6 Å². The number of carbonyl (C=O) groups is 2. The Hall–Kier alpha value is -2.03. The summed E-state index contributed by atoms with van der Waals surface area (Å²) in [5, 5.41) is 0. The Bertz CT molecular complexity index is 1100. The molecule has 0 N–H and O–H groups in total. The number of phosphoric acid groups is 1. The summed E-state index contributed by atoms with van der Waals surface area (Å²) in [7, 11) is 1.14. The second kappa shape index (κ2) is 38.5. The third-order valence-electron chi connectivity index (χ3n) is 9.35. The first-order chi connectivity index (χ1) is 27.0. The predicted octanol–water partition coefficient (Wildman–Crippen LogP) is 12.1. The van der Waals surface area contributed by atoms with Gasteiger partial charge >= 0.3 is 11.9 Å². The molecule has 0 aliphatic heterocycles. The fourth-order valence-corrected chi connectivity index (χ4v) is 6.54. The van der Waals surface area contributed by atoms with Gasteiger partial charge in [0.1, 0.15) is 19.8 Å². The summed E-state index contributed by atoms with van der Waals surface area (Å²) >= 11 is 0. The Morgan fingerprint density at radius 2 is 0.964 bits per heavy atom. The second-order valence-corrected chi connectivity index (χ2v) is 17.5. The van der Waals surface area contributed by atoms with Gasteiger partial charge in [0.2, 0.25) is 0 Å². The lowest BCUT2D eigenvalue weighted by atomic mass is 10.0. The zero-order valence-corrected chi connectivity index (χ0v) is 37.5. The summed E-state index contributed by atoms with van der Waals surface area (Å²) in [6.45, 7) is 4.16. The van der Waals surface area contributed by atoms with Crippen LogP contribution in [0.2, 0.25) is 0 Å². The monoisotopic (exact) mass is 810 g/mol. The highest BCUT2D eigenvalue weighted by Crippen LogP contribution is 2.38. The fourth-order valence-electron chi connectivity index (χ4n) is 5.81. The SMILES string of the molecule is CCCCC/C=C/C/C=C/C/C=C/C/C=C/CCCCCC(=O)O[C@H](COC(=O)CCCCCCCCCCCCCCC)COP(=O)([O-])OCC[N+](C)(C)C. The highest BCUT2D eigenvalue weighted by atomic mass is 31.2. The topological polar surface area (TPSA) is 111 Å². The van der Waals surface area contributed by atoms with Crippen LogP contribution in [0.4, 0.5) is 0 Å². The summed E-state index contributed by atoms with van der Waals surface area (Å²) in [5.74, 6) is -0.869. The Balaban J connectivity index is 4.42. The maximum Gasteiger partial charge on any atom is 0.306 e. The molecular formula is C46H84NO8P. The molecular weight excluding hydrogens is 725 g/mol. The van der Waals surface area contributed by atoms with Crippen LogP contribution in [0, 0.1) is 0 Å². The Morgan fingerprint density at radius 1 is 0.554 bits per heavy atom. The maximum absolute atomic E-state index is 12.7. The van der Waals surface area contributed by atoms with Crippen LogP contribution in [-0.2, 0) is 32.7 Å². The van der Waals surface area contributed by atoms with Crippen molar-refractivity contribution in [2.24, 2.45) is 0 Å². The van der Waals surface area contributed by atoms with Crippen LogP contribution >= 0.6 is 7.82 Å². The first-order valence-electron chi connectivity index (χ1n) is 22.3. The zero-order valence-electron chi connectivity index (χ0n) is 36.6. The lowest BCUT2D eigenvalue weighted by Gasteiger charge is -2.28. The molecule has 0 aromatic rings. The lowest BCUT2D eigenvalue weighted by Crippen LogP contribution is -2.37. The van der Waals surface area contributed by atoms with Crippen molar-refractivity contribution in [3.05, 3.63) is 48.6 Å². The number of carbonyl (C=O) groups excluding carboxylic acids is 2. The number of ether oxygens (including phenoxy) is 2. The molecule has 2 atom stereocenters. The van der Waals surface area contributed by atoms with E-state index in [1.165, 1.54) is 89.9 Å². The highest BCUT2D eigenvalue weighted by Gasteiger charge is 2.21. The first kappa shape index (κ1) is 54.0. The van der Waals surface area contributed by atoms with Gasteiger partial charge < -0.3 is 27.9 Å². The Labute approximate surface area is 343 Å². The molecule has 10 heteroatoms. The summed E-state index contributed by atoms with van der Waals surface area (Å²) in [4.78, 5) is 37.5. The average molecular weight is 810 g/mol. The van der Waals surface area contributed by atoms with Gasteiger partial charge in [-0.25, -0.2) is 0 Å². The van der Waals surface area contributed by atoms with Crippen molar-refractivity contribution in [3.8, 4) is 0 Å². The van der Waals surface area contributed by atoms with E-state index in [0.717, 1.165) is 57.8 Å². The zero-order chi connectivity index (χ0) is 41.4. The van der Waals surface area contributed by atoms with E-state index >= 15 is 0 Å². The van der Waals surface area contributed by atoms with E-state index in [4.69, 9.17) is 18.5 Å². The fraction of sp³-hybridized carbons (Fsp3) is 0.783. The molecule has 0 spiro atoms. The summed E-state index contributed by atoms with van der Waals surface area (Å²) in [6.07, 6.45) is 44.2. The van der Waals surface area contributed by atoms with E-state index in [9.17, 15) is 19.0 Å². The number of phosphoric ester groups is 1. The molecule has 0 heterocycles.